The van der Waals surface area contributed by atoms with E-state index in [0.717, 1.165) is 16.7 Å². The molecule has 0 saturated carbocycles. The molecule has 33 heavy (non-hydrogen) atoms. The Hall–Kier alpha value is -4.49. The molecule has 0 amide bonds. The van der Waals surface area contributed by atoms with Gasteiger partial charge in [-0.2, -0.15) is 5.26 Å². The van der Waals surface area contributed by atoms with Gasteiger partial charge in [-0.1, -0.05) is 91.0 Å². The summed E-state index contributed by atoms with van der Waals surface area (Å²) >= 11 is 0. The van der Waals surface area contributed by atoms with Crippen LogP contribution in [0.3, 0.4) is 0 Å². The molecule has 0 N–H and O–H groups in total. The Morgan fingerprint density at radius 2 is 1.27 bits per heavy atom. The summed E-state index contributed by atoms with van der Waals surface area (Å²) in [7, 11) is 0. The molecule has 0 atom stereocenters. The summed E-state index contributed by atoms with van der Waals surface area (Å²) in [6.45, 7) is 0. The standard InChI is InChI=1S/C29H19FN3/c30-27-20-22(16-17-23(27)21-31)28-32-18-19-33(28)29(24-10-4-1-5-11-24,25-12-6-2-7-13-25)26-14-8-3-9-15-26/h1-17,19-20H. The zero-order valence-corrected chi connectivity index (χ0v) is 17.7. The van der Waals surface area contributed by atoms with E-state index >= 15 is 0 Å². The second-order valence-corrected chi connectivity index (χ2v) is 7.68. The fourth-order valence-electron chi connectivity index (χ4n) is 4.42. The van der Waals surface area contributed by atoms with E-state index in [9.17, 15) is 4.39 Å². The molecule has 1 radical (unpaired) electrons. The highest BCUT2D eigenvalue weighted by molar-refractivity contribution is 5.61. The summed E-state index contributed by atoms with van der Waals surface area (Å²) in [6.07, 6.45) is 4.79. The normalized spacial score (nSPS) is 11.2. The Bertz CT molecular complexity index is 1320. The molecule has 0 fully saturated rings. The number of halogens is 1. The molecule has 1 aromatic heterocycles. The van der Waals surface area contributed by atoms with E-state index in [2.05, 4.69) is 47.6 Å². The van der Waals surface area contributed by atoms with E-state index in [0.29, 0.717) is 11.4 Å². The third kappa shape index (κ3) is 3.40. The van der Waals surface area contributed by atoms with Crippen molar-refractivity contribution in [3.8, 4) is 17.5 Å². The summed E-state index contributed by atoms with van der Waals surface area (Å²) in [6, 6.07) is 37.0. The van der Waals surface area contributed by atoms with Gasteiger partial charge in [0.15, 0.2) is 0 Å². The molecule has 0 aliphatic carbocycles. The largest absolute Gasteiger partial charge is 0.312 e. The maximum absolute atomic E-state index is 14.6. The molecule has 0 unspecified atom stereocenters. The van der Waals surface area contributed by atoms with E-state index < -0.39 is 11.4 Å². The Kier molecular flexibility index (Phi) is 5.30. The third-order valence-electron chi connectivity index (χ3n) is 5.87. The monoisotopic (exact) mass is 428 g/mol. The number of benzene rings is 4. The van der Waals surface area contributed by atoms with Gasteiger partial charge in [0, 0.05) is 11.8 Å². The summed E-state index contributed by atoms with van der Waals surface area (Å²) in [5.74, 6) is -0.0239. The minimum absolute atomic E-state index is 0.00118. The predicted molar refractivity (Wildman–Crippen MR) is 126 cm³/mol. The molecule has 3 nitrogen and oxygen atoms in total. The smallest absolute Gasteiger partial charge is 0.142 e. The lowest BCUT2D eigenvalue weighted by molar-refractivity contribution is 0.520. The first-order valence-electron chi connectivity index (χ1n) is 10.6. The highest BCUT2D eigenvalue weighted by Gasteiger charge is 2.39. The lowest BCUT2D eigenvalue weighted by atomic mass is 9.76. The van der Waals surface area contributed by atoms with Gasteiger partial charge < -0.3 is 4.57 Å². The van der Waals surface area contributed by atoms with Gasteiger partial charge in [0.05, 0.1) is 5.56 Å². The van der Waals surface area contributed by atoms with Gasteiger partial charge in [0.2, 0.25) is 0 Å². The summed E-state index contributed by atoms with van der Waals surface area (Å²) in [5.41, 5.74) is 2.88. The van der Waals surface area contributed by atoms with Crippen molar-refractivity contribution in [3.05, 3.63) is 150 Å². The van der Waals surface area contributed by atoms with E-state index in [1.165, 1.54) is 12.1 Å². The summed E-state index contributed by atoms with van der Waals surface area (Å²) in [5, 5.41) is 9.15. The minimum Gasteiger partial charge on any atom is -0.312 e. The zero-order chi connectivity index (χ0) is 22.7. The number of nitriles is 1. The quantitative estimate of drug-likeness (QED) is 0.313. The molecule has 5 rings (SSSR count). The predicted octanol–water partition coefficient (Wildman–Crippen LogP) is 6.20. The molecule has 5 aromatic rings. The third-order valence-corrected chi connectivity index (χ3v) is 5.87. The van der Waals surface area contributed by atoms with Crippen molar-refractivity contribution >= 4 is 0 Å². The first-order chi connectivity index (χ1) is 16.2. The van der Waals surface area contributed by atoms with Gasteiger partial charge in [0.1, 0.15) is 29.4 Å². The number of rotatable bonds is 5. The SMILES string of the molecule is N#Cc1ccc(-c2n[c]cn2C(c2ccccc2)(c2ccccc2)c2ccccc2)cc1F. The molecule has 0 saturated heterocycles. The van der Waals surface area contributed by atoms with Crippen molar-refractivity contribution in [2.24, 2.45) is 0 Å². The lowest BCUT2D eigenvalue weighted by Gasteiger charge is -2.38. The van der Waals surface area contributed by atoms with Gasteiger partial charge in [0.25, 0.3) is 0 Å². The van der Waals surface area contributed by atoms with E-state index in [-0.39, 0.29) is 5.56 Å². The van der Waals surface area contributed by atoms with Crippen molar-refractivity contribution in [2.75, 3.05) is 0 Å². The van der Waals surface area contributed by atoms with Gasteiger partial charge in [-0.25, -0.2) is 9.37 Å². The molecule has 1 heterocycles. The second-order valence-electron chi connectivity index (χ2n) is 7.68. The highest BCUT2D eigenvalue weighted by atomic mass is 19.1. The van der Waals surface area contributed by atoms with Gasteiger partial charge in [-0.05, 0) is 34.9 Å². The second kappa shape index (κ2) is 8.57. The fraction of sp³-hybridized carbons (Fsp3) is 0.0345. The molecule has 0 aliphatic heterocycles. The topological polar surface area (TPSA) is 41.6 Å². The lowest BCUT2D eigenvalue weighted by Crippen LogP contribution is -2.37. The molecule has 4 aromatic carbocycles. The number of hydrogen-bond acceptors (Lipinski definition) is 2. The number of imidazole rings is 1. The van der Waals surface area contributed by atoms with Gasteiger partial charge >= 0.3 is 0 Å². The first kappa shape index (κ1) is 20.4. The van der Waals surface area contributed by atoms with Crippen LogP contribution in [-0.2, 0) is 5.54 Å². The van der Waals surface area contributed by atoms with Crippen LogP contribution < -0.4 is 0 Å². The van der Waals surface area contributed by atoms with Crippen LogP contribution in [0.15, 0.2) is 115 Å². The van der Waals surface area contributed by atoms with Gasteiger partial charge in [-0.3, -0.25) is 0 Å². The van der Waals surface area contributed by atoms with E-state index in [1.807, 2.05) is 65.2 Å². The van der Waals surface area contributed by atoms with Crippen LogP contribution in [0.1, 0.15) is 22.3 Å². The maximum Gasteiger partial charge on any atom is 0.142 e. The van der Waals surface area contributed by atoms with Crippen LogP contribution in [0.5, 0.6) is 0 Å². The average Bonchev–Trinajstić information content (AvgIpc) is 3.37. The van der Waals surface area contributed by atoms with Crippen molar-refractivity contribution in [2.45, 2.75) is 5.54 Å². The highest BCUT2D eigenvalue weighted by Crippen LogP contribution is 2.43. The molecule has 157 valence electrons. The van der Waals surface area contributed by atoms with Crippen molar-refractivity contribution in [3.63, 3.8) is 0 Å². The minimum atomic E-state index is -0.781. The number of hydrogen-bond donors (Lipinski definition) is 0. The molecule has 0 spiro atoms. The maximum atomic E-state index is 14.6. The van der Waals surface area contributed by atoms with Crippen LogP contribution in [0, 0.1) is 23.3 Å². The molecule has 0 bridgehead atoms. The Morgan fingerprint density at radius 1 is 0.758 bits per heavy atom. The van der Waals surface area contributed by atoms with Crippen molar-refractivity contribution < 1.29 is 4.39 Å². The van der Waals surface area contributed by atoms with Crippen LogP contribution in [0.25, 0.3) is 11.4 Å². The van der Waals surface area contributed by atoms with Crippen LogP contribution in [0.4, 0.5) is 4.39 Å². The Morgan fingerprint density at radius 3 is 1.73 bits per heavy atom. The first-order valence-corrected chi connectivity index (χ1v) is 10.6. The van der Waals surface area contributed by atoms with Gasteiger partial charge in [-0.15, -0.1) is 0 Å². The molecule has 4 heteroatoms. The van der Waals surface area contributed by atoms with E-state index in [1.54, 1.807) is 12.3 Å². The van der Waals surface area contributed by atoms with Crippen molar-refractivity contribution in [1.82, 2.24) is 9.55 Å². The fourth-order valence-corrected chi connectivity index (χ4v) is 4.42. The number of aromatic nitrogens is 2. The zero-order valence-electron chi connectivity index (χ0n) is 17.7. The Balaban J connectivity index is 1.87. The summed E-state index contributed by atoms with van der Waals surface area (Å²) < 4.78 is 16.6. The van der Waals surface area contributed by atoms with E-state index in [4.69, 9.17) is 5.26 Å². The molecule has 0 aliphatic rings. The molecular formula is C29H19FN3. The van der Waals surface area contributed by atoms with Crippen LogP contribution >= 0.6 is 0 Å². The van der Waals surface area contributed by atoms with Crippen LogP contribution in [-0.4, -0.2) is 9.55 Å². The number of nitrogens with zero attached hydrogens (tertiary/aromatic N) is 3. The average molecular weight is 428 g/mol. The summed E-state index contributed by atoms with van der Waals surface area (Å²) in [4.78, 5) is 4.51. The molecular weight excluding hydrogens is 409 g/mol. The van der Waals surface area contributed by atoms with Crippen LogP contribution in [0.2, 0.25) is 0 Å². The van der Waals surface area contributed by atoms with Crippen molar-refractivity contribution in [1.29, 1.82) is 5.26 Å². The Labute approximate surface area is 192 Å².